The van der Waals surface area contributed by atoms with Gasteiger partial charge in [0.1, 0.15) is 11.9 Å². The van der Waals surface area contributed by atoms with Crippen LogP contribution >= 0.6 is 0 Å². The van der Waals surface area contributed by atoms with Gasteiger partial charge in [0, 0.05) is 18.0 Å². The number of pyridine rings is 1. The van der Waals surface area contributed by atoms with Gasteiger partial charge in [-0.15, -0.1) is 0 Å². The number of carboxylic acid groups (broad SMARTS) is 1. The summed E-state index contributed by atoms with van der Waals surface area (Å²) in [5, 5.41) is 13.2. The van der Waals surface area contributed by atoms with Crippen LogP contribution in [0.15, 0.2) is 30.3 Å². The number of hydrogen-bond acceptors (Lipinski definition) is 4. The minimum absolute atomic E-state index is 0.108. The first-order chi connectivity index (χ1) is 11.6. The van der Waals surface area contributed by atoms with Gasteiger partial charge < -0.3 is 15.3 Å². The van der Waals surface area contributed by atoms with Crippen molar-refractivity contribution in [2.75, 3.05) is 11.4 Å². The van der Waals surface area contributed by atoms with Crippen molar-refractivity contribution in [1.29, 1.82) is 0 Å². The molecule has 6 nitrogen and oxygen atoms in total. The van der Waals surface area contributed by atoms with E-state index in [1.54, 1.807) is 11.0 Å². The Hall–Kier alpha value is -2.63. The Labute approximate surface area is 139 Å². The number of rotatable bonds is 4. The topological polar surface area (TPSA) is 82.5 Å². The molecule has 0 bridgehead atoms. The second kappa shape index (κ2) is 5.78. The Morgan fingerprint density at radius 3 is 2.75 bits per heavy atom. The maximum Gasteiger partial charge on any atom is 0.326 e. The summed E-state index contributed by atoms with van der Waals surface area (Å²) in [6.07, 6.45) is 3.46. The summed E-state index contributed by atoms with van der Waals surface area (Å²) in [7, 11) is 0. The summed E-state index contributed by atoms with van der Waals surface area (Å²) in [4.78, 5) is 30.5. The highest BCUT2D eigenvalue weighted by molar-refractivity contribution is 6.07. The molecule has 2 fully saturated rings. The van der Waals surface area contributed by atoms with Crippen molar-refractivity contribution in [3.05, 3.63) is 35.9 Å². The number of aromatic nitrogens is 1. The predicted octanol–water partition coefficient (Wildman–Crippen LogP) is 2.18. The van der Waals surface area contributed by atoms with Crippen LogP contribution < -0.4 is 10.2 Å². The fourth-order valence-corrected chi connectivity index (χ4v) is 3.28. The maximum atomic E-state index is 12.6. The van der Waals surface area contributed by atoms with E-state index in [1.807, 2.05) is 24.3 Å². The average Bonchev–Trinajstić information content (AvgIpc) is 3.25. The van der Waals surface area contributed by atoms with E-state index in [0.29, 0.717) is 29.9 Å². The lowest BCUT2D eigenvalue weighted by molar-refractivity contribution is -0.138. The van der Waals surface area contributed by atoms with Crippen molar-refractivity contribution < 1.29 is 14.7 Å². The van der Waals surface area contributed by atoms with Gasteiger partial charge in [0.15, 0.2) is 0 Å². The number of benzene rings is 1. The number of carboxylic acids is 1. The monoisotopic (exact) mass is 325 g/mol. The zero-order valence-electron chi connectivity index (χ0n) is 13.2. The van der Waals surface area contributed by atoms with Gasteiger partial charge in [-0.2, -0.15) is 0 Å². The zero-order valence-corrected chi connectivity index (χ0v) is 13.2. The van der Waals surface area contributed by atoms with Crippen molar-refractivity contribution in [2.45, 2.75) is 37.8 Å². The summed E-state index contributed by atoms with van der Waals surface area (Å²) in [5.41, 5.74) is 1.28. The van der Waals surface area contributed by atoms with Crippen molar-refractivity contribution in [1.82, 2.24) is 10.3 Å². The van der Waals surface area contributed by atoms with E-state index in [0.717, 1.165) is 24.6 Å². The van der Waals surface area contributed by atoms with Crippen LogP contribution in [0.25, 0.3) is 10.9 Å². The predicted molar refractivity (Wildman–Crippen MR) is 90.2 cm³/mol. The van der Waals surface area contributed by atoms with Crippen LogP contribution in [0.2, 0.25) is 0 Å². The summed E-state index contributed by atoms with van der Waals surface area (Å²) < 4.78 is 0. The lowest BCUT2D eigenvalue weighted by Gasteiger charge is -2.23. The minimum atomic E-state index is -0.841. The molecule has 0 unspecified atom stereocenters. The molecule has 1 saturated carbocycles. The number of aliphatic carboxylic acids is 1. The molecule has 0 spiro atoms. The van der Waals surface area contributed by atoms with E-state index in [4.69, 9.17) is 0 Å². The number of hydrogen-bond donors (Lipinski definition) is 2. The first-order valence-electron chi connectivity index (χ1n) is 8.33. The summed E-state index contributed by atoms with van der Waals surface area (Å²) in [5.74, 6) is -0.380. The van der Waals surface area contributed by atoms with Crippen LogP contribution in [-0.4, -0.2) is 40.6 Å². The van der Waals surface area contributed by atoms with Crippen molar-refractivity contribution in [2.24, 2.45) is 0 Å². The zero-order chi connectivity index (χ0) is 16.7. The molecule has 1 aliphatic heterocycles. The van der Waals surface area contributed by atoms with Crippen molar-refractivity contribution in [3.8, 4) is 0 Å². The number of para-hydroxylation sites is 1. The molecule has 2 aliphatic rings. The molecule has 0 radical (unpaired) electrons. The van der Waals surface area contributed by atoms with Crippen molar-refractivity contribution in [3.63, 3.8) is 0 Å². The molecule has 2 aromatic rings. The number of amides is 1. The molecule has 1 amide bonds. The molecule has 1 atom stereocenters. The Kier molecular flexibility index (Phi) is 3.59. The number of anilines is 1. The molecule has 2 N–H and O–H groups in total. The smallest absolute Gasteiger partial charge is 0.326 e. The minimum Gasteiger partial charge on any atom is -0.480 e. The summed E-state index contributed by atoms with van der Waals surface area (Å²) in [6, 6.07) is 8.93. The highest BCUT2D eigenvalue weighted by atomic mass is 16.4. The molecule has 1 aliphatic carbocycles. The first kappa shape index (κ1) is 14.9. The summed E-state index contributed by atoms with van der Waals surface area (Å²) in [6.45, 7) is 0.645. The molecule has 124 valence electrons. The van der Waals surface area contributed by atoms with Crippen LogP contribution in [0.3, 0.4) is 0 Å². The first-order valence-corrected chi connectivity index (χ1v) is 8.33. The summed E-state index contributed by atoms with van der Waals surface area (Å²) >= 11 is 0. The molecular formula is C18H19N3O3. The lowest BCUT2D eigenvalue weighted by Crippen LogP contribution is -2.36. The molecule has 2 heterocycles. The Bertz CT molecular complexity index is 816. The second-order valence-electron chi connectivity index (χ2n) is 6.48. The molecule has 24 heavy (non-hydrogen) atoms. The fourth-order valence-electron chi connectivity index (χ4n) is 3.28. The van der Waals surface area contributed by atoms with Crippen LogP contribution in [0.4, 0.5) is 5.82 Å². The normalized spacial score (nSPS) is 20.3. The van der Waals surface area contributed by atoms with Gasteiger partial charge in [0.2, 0.25) is 0 Å². The van der Waals surface area contributed by atoms with Crippen LogP contribution in [-0.2, 0) is 4.79 Å². The highest BCUT2D eigenvalue weighted by Gasteiger charge is 2.32. The van der Waals surface area contributed by atoms with E-state index in [-0.39, 0.29) is 11.9 Å². The van der Waals surface area contributed by atoms with Crippen LogP contribution in [0, 0.1) is 0 Å². The van der Waals surface area contributed by atoms with E-state index in [1.165, 1.54) is 0 Å². The maximum absolute atomic E-state index is 12.6. The largest absolute Gasteiger partial charge is 0.480 e. The van der Waals surface area contributed by atoms with Gasteiger partial charge in [-0.3, -0.25) is 4.79 Å². The lowest BCUT2D eigenvalue weighted by atomic mass is 10.1. The quantitative estimate of drug-likeness (QED) is 0.900. The van der Waals surface area contributed by atoms with Gasteiger partial charge >= 0.3 is 5.97 Å². The standard InChI is InChI=1S/C18H19N3O3/c22-17(19-11-7-8-11)13-10-16(20-14-5-2-1-4-12(13)14)21-9-3-6-15(21)18(23)24/h1-2,4-5,10-11,15H,3,6-9H2,(H,19,22)(H,23,24)/t15-/m1/s1. The average molecular weight is 325 g/mol. The van der Waals surface area contributed by atoms with Gasteiger partial charge in [-0.25, -0.2) is 9.78 Å². The third-order valence-electron chi connectivity index (χ3n) is 4.69. The molecule has 4 rings (SSSR count). The molecule has 1 aromatic heterocycles. The Morgan fingerprint density at radius 1 is 1.21 bits per heavy atom. The van der Waals surface area contributed by atoms with E-state index < -0.39 is 12.0 Å². The highest BCUT2D eigenvalue weighted by Crippen LogP contribution is 2.29. The number of carbonyl (C=O) groups is 2. The number of fused-ring (bicyclic) bond motifs is 1. The van der Waals surface area contributed by atoms with Gasteiger partial charge in [0.25, 0.3) is 5.91 Å². The molecule has 1 saturated heterocycles. The van der Waals surface area contributed by atoms with E-state index >= 15 is 0 Å². The third kappa shape index (κ3) is 2.68. The number of nitrogens with zero attached hydrogens (tertiary/aromatic N) is 2. The Morgan fingerprint density at radius 2 is 2.00 bits per heavy atom. The van der Waals surface area contributed by atoms with Crippen LogP contribution in [0.5, 0.6) is 0 Å². The third-order valence-corrected chi connectivity index (χ3v) is 4.69. The SMILES string of the molecule is O=C(NC1CC1)c1cc(N2CCC[C@@H]2C(=O)O)nc2ccccc12. The van der Waals surface area contributed by atoms with Gasteiger partial charge in [-0.1, -0.05) is 18.2 Å². The van der Waals surface area contributed by atoms with Crippen molar-refractivity contribution >= 4 is 28.6 Å². The van der Waals surface area contributed by atoms with Crippen LogP contribution in [0.1, 0.15) is 36.0 Å². The van der Waals surface area contributed by atoms with Gasteiger partial charge in [-0.05, 0) is 37.8 Å². The second-order valence-corrected chi connectivity index (χ2v) is 6.48. The molecule has 1 aromatic carbocycles. The number of nitrogens with one attached hydrogen (secondary N) is 1. The fraction of sp³-hybridized carbons (Fsp3) is 0.389. The van der Waals surface area contributed by atoms with E-state index in [9.17, 15) is 14.7 Å². The van der Waals surface area contributed by atoms with E-state index in [2.05, 4.69) is 10.3 Å². The van der Waals surface area contributed by atoms with Gasteiger partial charge in [0.05, 0.1) is 11.1 Å². The molecular weight excluding hydrogens is 306 g/mol. The Balaban J connectivity index is 1.78. The number of carbonyl (C=O) groups excluding carboxylic acids is 1. The molecule has 6 heteroatoms.